The molecule has 14 heteroatoms. The maximum absolute atomic E-state index is 13.4. The summed E-state index contributed by atoms with van der Waals surface area (Å²) in [6.07, 6.45) is 2.32. The smallest absolute Gasteiger partial charge is 0.282 e. The van der Waals surface area contributed by atoms with Crippen LogP contribution in [0.4, 0.5) is 0 Å². The summed E-state index contributed by atoms with van der Waals surface area (Å²) >= 11 is 6.28. The van der Waals surface area contributed by atoms with Crippen LogP contribution in [0.3, 0.4) is 0 Å². The van der Waals surface area contributed by atoms with Gasteiger partial charge in [-0.2, -0.15) is 17.4 Å². The molecule has 4 aromatic rings. The molecule has 206 valence electrons. The first-order valence-corrected chi connectivity index (χ1v) is 15.2. The van der Waals surface area contributed by atoms with E-state index in [0.717, 1.165) is 16.1 Å². The van der Waals surface area contributed by atoms with E-state index in [9.17, 15) is 26.4 Å². The predicted octanol–water partition coefficient (Wildman–Crippen LogP) is 2.28. The monoisotopic (exact) mass is 591 g/mol. The van der Waals surface area contributed by atoms with Crippen LogP contribution in [0, 0.1) is 0 Å². The average Bonchev–Trinajstić information content (AvgIpc) is 3.15. The Balaban J connectivity index is 1.84. The molecule has 0 aliphatic rings. The first kappa shape index (κ1) is 28.5. The summed E-state index contributed by atoms with van der Waals surface area (Å²) in [6.45, 7) is 0.216. The Morgan fingerprint density at radius 2 is 1.69 bits per heavy atom. The number of hydrogen-bond acceptors (Lipinski definition) is 6. The number of nitrogens with zero attached hydrogens (tertiary/aromatic N) is 2. The van der Waals surface area contributed by atoms with E-state index in [0.29, 0.717) is 21.5 Å². The lowest BCUT2D eigenvalue weighted by Gasteiger charge is -2.14. The number of H-pyrrole nitrogens is 1. The Bertz CT molecular complexity index is 1830. The van der Waals surface area contributed by atoms with Gasteiger partial charge in [-0.1, -0.05) is 35.9 Å². The fourth-order valence-corrected chi connectivity index (χ4v) is 5.30. The van der Waals surface area contributed by atoms with Crippen molar-refractivity contribution in [3.63, 3.8) is 0 Å². The number of hydrogen-bond donors (Lipinski definition) is 3. The molecule has 0 saturated carbocycles. The van der Waals surface area contributed by atoms with E-state index < -0.39 is 31.7 Å². The van der Waals surface area contributed by atoms with Crippen LogP contribution in [0.1, 0.15) is 21.6 Å². The molecule has 0 radical (unpaired) electrons. The number of aromatic nitrogens is 2. The summed E-state index contributed by atoms with van der Waals surface area (Å²) in [4.78, 5) is 28.8. The molecule has 0 fully saturated rings. The van der Waals surface area contributed by atoms with Crippen molar-refractivity contribution < 1.29 is 21.6 Å². The molecule has 11 nitrogen and oxygen atoms in total. The van der Waals surface area contributed by atoms with Crippen molar-refractivity contribution in [2.45, 2.75) is 13.1 Å². The highest BCUT2D eigenvalue weighted by Crippen LogP contribution is 2.36. The van der Waals surface area contributed by atoms with Gasteiger partial charge in [0.1, 0.15) is 5.69 Å². The summed E-state index contributed by atoms with van der Waals surface area (Å²) in [7, 11) is -4.67. The lowest BCUT2D eigenvalue weighted by Crippen LogP contribution is -2.35. The fourth-order valence-electron chi connectivity index (χ4n) is 4.08. The zero-order chi connectivity index (χ0) is 28.5. The van der Waals surface area contributed by atoms with Gasteiger partial charge in [0.15, 0.2) is 0 Å². The van der Waals surface area contributed by atoms with Crippen molar-refractivity contribution in [2.24, 2.45) is 0 Å². The number of benzene rings is 2. The number of nitrogens with one attached hydrogen (secondary N) is 3. The Morgan fingerprint density at radius 3 is 2.31 bits per heavy atom. The van der Waals surface area contributed by atoms with E-state index in [1.54, 1.807) is 59.2 Å². The lowest BCUT2D eigenvalue weighted by molar-refractivity contribution is 0.0974. The Morgan fingerprint density at radius 1 is 1.03 bits per heavy atom. The Labute approximate surface area is 230 Å². The second-order valence-corrected chi connectivity index (χ2v) is 13.2. The second kappa shape index (κ2) is 10.9. The summed E-state index contributed by atoms with van der Waals surface area (Å²) in [5.41, 5.74) is 1.92. The number of pyridine rings is 1. The third kappa shape index (κ3) is 6.40. The molecule has 4 rings (SSSR count). The number of amides is 1. The quantitative estimate of drug-likeness (QED) is 0.272. The molecule has 3 N–H and O–H groups in total. The van der Waals surface area contributed by atoms with Crippen LogP contribution in [0.5, 0.6) is 0 Å². The van der Waals surface area contributed by atoms with E-state index in [1.165, 1.54) is 20.3 Å². The highest BCUT2D eigenvalue weighted by Gasteiger charge is 2.27. The molecule has 39 heavy (non-hydrogen) atoms. The summed E-state index contributed by atoms with van der Waals surface area (Å²) < 4.78 is 55.2. The number of carbonyl (C=O) groups is 1. The minimum atomic E-state index is -3.93. The number of sulfonamides is 1. The Hall–Kier alpha value is -3.49. The van der Waals surface area contributed by atoms with Crippen LogP contribution in [0.25, 0.3) is 22.0 Å². The van der Waals surface area contributed by atoms with Crippen LogP contribution in [0.2, 0.25) is 5.02 Å². The van der Waals surface area contributed by atoms with E-state index in [1.807, 2.05) is 4.72 Å². The fraction of sp³-hybridized carbons (Fsp3) is 0.200. The lowest BCUT2D eigenvalue weighted by atomic mass is 10.0. The highest BCUT2D eigenvalue weighted by atomic mass is 35.5. The van der Waals surface area contributed by atoms with Gasteiger partial charge in [-0.05, 0) is 41.5 Å². The minimum absolute atomic E-state index is 0.0304. The van der Waals surface area contributed by atoms with Crippen LogP contribution in [-0.2, 0) is 33.3 Å². The van der Waals surface area contributed by atoms with Gasteiger partial charge < -0.3 is 9.55 Å². The van der Waals surface area contributed by atoms with Crippen molar-refractivity contribution in [3.8, 4) is 11.1 Å². The van der Waals surface area contributed by atoms with Crippen LogP contribution >= 0.6 is 11.6 Å². The molecule has 0 aliphatic carbocycles. The highest BCUT2D eigenvalue weighted by molar-refractivity contribution is 7.89. The molecule has 0 saturated heterocycles. The van der Waals surface area contributed by atoms with Gasteiger partial charge in [-0.15, -0.1) is 0 Å². The van der Waals surface area contributed by atoms with Crippen molar-refractivity contribution in [2.75, 3.05) is 20.4 Å². The van der Waals surface area contributed by atoms with Crippen molar-refractivity contribution >= 4 is 48.6 Å². The molecule has 0 unspecified atom stereocenters. The largest absolute Gasteiger partial charge is 0.331 e. The van der Waals surface area contributed by atoms with Gasteiger partial charge in [0, 0.05) is 60.4 Å². The van der Waals surface area contributed by atoms with Crippen molar-refractivity contribution in [1.82, 2.24) is 23.3 Å². The zero-order valence-electron chi connectivity index (χ0n) is 21.2. The third-order valence-electron chi connectivity index (χ3n) is 5.91. The third-order valence-corrected chi connectivity index (χ3v) is 8.17. The summed E-state index contributed by atoms with van der Waals surface area (Å²) in [6, 6.07) is 15.1. The maximum Gasteiger partial charge on any atom is 0.282 e. The van der Waals surface area contributed by atoms with Crippen LogP contribution in [0.15, 0.2) is 65.6 Å². The Kier molecular flexibility index (Phi) is 8.00. The van der Waals surface area contributed by atoms with Gasteiger partial charge in [-0.25, -0.2) is 13.1 Å². The summed E-state index contributed by atoms with van der Waals surface area (Å²) in [5.74, 6) is -0.905. The molecule has 0 aliphatic heterocycles. The van der Waals surface area contributed by atoms with Gasteiger partial charge >= 0.3 is 0 Å². The molecule has 0 atom stereocenters. The van der Waals surface area contributed by atoms with Gasteiger partial charge in [0.25, 0.3) is 21.7 Å². The van der Waals surface area contributed by atoms with Crippen molar-refractivity contribution in [3.05, 3.63) is 93.0 Å². The number of carbonyl (C=O) groups excluding carboxylic acids is 1. The second-order valence-electron chi connectivity index (χ2n) is 9.01. The molecule has 0 spiro atoms. The number of halogens is 1. The minimum Gasteiger partial charge on any atom is -0.331 e. The molecule has 2 aromatic carbocycles. The number of fused-ring (bicyclic) bond motifs is 1. The van der Waals surface area contributed by atoms with Gasteiger partial charge in [0.2, 0.25) is 10.0 Å². The first-order valence-electron chi connectivity index (χ1n) is 11.5. The van der Waals surface area contributed by atoms with E-state index in [-0.39, 0.29) is 29.9 Å². The average molecular weight is 592 g/mol. The zero-order valence-corrected chi connectivity index (χ0v) is 23.6. The normalized spacial score (nSPS) is 12.2. The standard InChI is InChI=1S/C25H26ClN5O6S2/c1-30(2)39(36,37)28-14-16-6-8-17(9-7-16)15-31-21-11-10-18(26)13-20(21)22(19-5-4-12-27-24(19)32)23(31)25(33)29-38(3,34)35/h4-13,28H,14-15H2,1-3H3,(H,27,32)(H,29,33). The van der Waals surface area contributed by atoms with Crippen molar-refractivity contribution in [1.29, 1.82) is 0 Å². The number of aromatic amines is 1. The van der Waals surface area contributed by atoms with Crippen LogP contribution < -0.4 is 15.0 Å². The summed E-state index contributed by atoms with van der Waals surface area (Å²) in [5, 5.41) is 0.862. The molecule has 1 amide bonds. The van der Waals surface area contributed by atoms with E-state index in [4.69, 9.17) is 11.6 Å². The molecule has 2 heterocycles. The topological polar surface area (TPSA) is 150 Å². The molecule has 0 bridgehead atoms. The first-order chi connectivity index (χ1) is 18.3. The SMILES string of the molecule is CN(C)S(=O)(=O)NCc1ccc(Cn2c(C(=O)NS(C)(=O)=O)c(-c3ccc[nH]c3=O)c3cc(Cl)ccc32)cc1. The van der Waals surface area contributed by atoms with Gasteiger partial charge in [0.05, 0.1) is 6.26 Å². The molecular formula is C25H26ClN5O6S2. The molecular weight excluding hydrogens is 566 g/mol. The van der Waals surface area contributed by atoms with Crippen LogP contribution in [-0.4, -0.2) is 57.0 Å². The van der Waals surface area contributed by atoms with Gasteiger partial charge in [-0.3, -0.25) is 9.59 Å². The van der Waals surface area contributed by atoms with E-state index in [2.05, 4.69) is 9.71 Å². The predicted molar refractivity (Wildman–Crippen MR) is 150 cm³/mol. The maximum atomic E-state index is 13.4. The molecule has 2 aromatic heterocycles. The number of rotatable bonds is 9. The van der Waals surface area contributed by atoms with E-state index >= 15 is 0 Å².